The van der Waals surface area contributed by atoms with E-state index >= 15 is 0 Å². The van der Waals surface area contributed by atoms with Gasteiger partial charge in [-0.05, 0) is 63.1 Å². The van der Waals surface area contributed by atoms with E-state index in [0.717, 1.165) is 22.6 Å². The van der Waals surface area contributed by atoms with Gasteiger partial charge in [0.15, 0.2) is 6.10 Å². The number of benzene rings is 2. The van der Waals surface area contributed by atoms with E-state index in [4.69, 9.17) is 14.2 Å². The van der Waals surface area contributed by atoms with Crippen LogP contribution in [0.2, 0.25) is 0 Å². The summed E-state index contributed by atoms with van der Waals surface area (Å²) >= 11 is 0. The van der Waals surface area contributed by atoms with Crippen LogP contribution < -0.4 is 14.8 Å². The molecule has 26 heavy (non-hydrogen) atoms. The molecule has 0 aliphatic rings. The number of nitrogens with one attached hydrogen (secondary N) is 1. The van der Waals surface area contributed by atoms with E-state index in [2.05, 4.69) is 5.32 Å². The van der Waals surface area contributed by atoms with Gasteiger partial charge in [-0.25, -0.2) is 0 Å². The van der Waals surface area contributed by atoms with Gasteiger partial charge < -0.3 is 19.5 Å². The molecule has 2 rings (SSSR count). The number of ether oxygens (including phenoxy) is 3. The number of anilines is 1. The molecule has 140 valence electrons. The number of rotatable bonds is 9. The lowest BCUT2D eigenvalue weighted by atomic mass is 10.1. The van der Waals surface area contributed by atoms with Crippen molar-refractivity contribution in [3.05, 3.63) is 53.6 Å². The summed E-state index contributed by atoms with van der Waals surface area (Å²) in [5.41, 5.74) is 2.72. The molecule has 0 aliphatic carbocycles. The molecular formula is C21H27NO4. The van der Waals surface area contributed by atoms with Gasteiger partial charge in [0.05, 0.1) is 6.61 Å². The van der Waals surface area contributed by atoms with Gasteiger partial charge in [0.1, 0.15) is 18.1 Å². The third-order valence-corrected chi connectivity index (χ3v) is 3.89. The van der Waals surface area contributed by atoms with E-state index in [1.54, 1.807) is 19.1 Å². The number of carbonyl (C=O) groups is 1. The summed E-state index contributed by atoms with van der Waals surface area (Å²) in [5.74, 6) is 1.30. The van der Waals surface area contributed by atoms with Crippen LogP contribution in [0.1, 0.15) is 25.0 Å². The lowest BCUT2D eigenvalue weighted by molar-refractivity contribution is -0.122. The first kappa shape index (κ1) is 19.8. The van der Waals surface area contributed by atoms with Crippen LogP contribution in [0.25, 0.3) is 0 Å². The average Bonchev–Trinajstić information content (AvgIpc) is 2.63. The highest BCUT2D eigenvalue weighted by atomic mass is 16.5. The Morgan fingerprint density at radius 2 is 1.69 bits per heavy atom. The molecule has 0 radical (unpaired) electrons. The Bertz CT molecular complexity index is 692. The molecule has 0 bridgehead atoms. The van der Waals surface area contributed by atoms with Crippen molar-refractivity contribution in [2.45, 2.75) is 33.8 Å². The molecule has 0 aliphatic heterocycles. The Kier molecular flexibility index (Phi) is 7.48. The van der Waals surface area contributed by atoms with E-state index < -0.39 is 6.10 Å². The molecule has 1 atom stereocenters. The molecule has 1 unspecified atom stereocenters. The van der Waals surface area contributed by atoms with Gasteiger partial charge in [-0.2, -0.15) is 0 Å². The first-order valence-corrected chi connectivity index (χ1v) is 8.85. The lowest BCUT2D eigenvalue weighted by Gasteiger charge is -2.18. The predicted octanol–water partition coefficient (Wildman–Crippen LogP) is 4.12. The smallest absolute Gasteiger partial charge is 0.265 e. The second-order valence-electron chi connectivity index (χ2n) is 6.04. The fraction of sp³-hybridized carbons (Fsp3) is 0.381. The fourth-order valence-corrected chi connectivity index (χ4v) is 2.46. The second-order valence-corrected chi connectivity index (χ2v) is 6.04. The van der Waals surface area contributed by atoms with Crippen molar-refractivity contribution in [1.29, 1.82) is 0 Å². The molecular weight excluding hydrogens is 330 g/mol. The van der Waals surface area contributed by atoms with E-state index in [1.807, 2.05) is 51.1 Å². The summed E-state index contributed by atoms with van der Waals surface area (Å²) in [6.07, 6.45) is -0.600. The first-order chi connectivity index (χ1) is 12.5. The zero-order chi connectivity index (χ0) is 18.9. The van der Waals surface area contributed by atoms with Gasteiger partial charge in [-0.3, -0.25) is 4.79 Å². The molecule has 0 saturated heterocycles. The van der Waals surface area contributed by atoms with Crippen LogP contribution in [0.5, 0.6) is 11.5 Å². The number of para-hydroxylation sites is 1. The highest BCUT2D eigenvalue weighted by molar-refractivity contribution is 5.94. The van der Waals surface area contributed by atoms with Crippen molar-refractivity contribution >= 4 is 11.6 Å². The van der Waals surface area contributed by atoms with Gasteiger partial charge >= 0.3 is 0 Å². The van der Waals surface area contributed by atoms with Gasteiger partial charge in [-0.1, -0.05) is 18.2 Å². The minimum Gasteiger partial charge on any atom is -0.491 e. The minimum atomic E-state index is -0.600. The highest BCUT2D eigenvalue weighted by Crippen LogP contribution is 2.24. The Hall–Kier alpha value is -2.53. The maximum atomic E-state index is 12.4. The molecule has 1 amide bonds. The van der Waals surface area contributed by atoms with Crippen LogP contribution in [-0.2, 0) is 9.53 Å². The van der Waals surface area contributed by atoms with E-state index in [1.165, 1.54) is 0 Å². The summed E-state index contributed by atoms with van der Waals surface area (Å²) in [5, 5.41) is 2.86. The second kappa shape index (κ2) is 9.82. The summed E-state index contributed by atoms with van der Waals surface area (Å²) < 4.78 is 16.6. The maximum absolute atomic E-state index is 12.4. The van der Waals surface area contributed by atoms with Gasteiger partial charge in [0, 0.05) is 12.3 Å². The van der Waals surface area contributed by atoms with Gasteiger partial charge in [0.2, 0.25) is 0 Å². The summed E-state index contributed by atoms with van der Waals surface area (Å²) in [4.78, 5) is 12.4. The zero-order valence-electron chi connectivity index (χ0n) is 15.9. The Balaban J connectivity index is 1.88. The summed E-state index contributed by atoms with van der Waals surface area (Å²) in [7, 11) is 0. The normalized spacial score (nSPS) is 11.7. The number of aryl methyl sites for hydroxylation is 2. The number of carbonyl (C=O) groups excluding carboxylic acids is 1. The number of amides is 1. The van der Waals surface area contributed by atoms with Crippen LogP contribution >= 0.6 is 0 Å². The third-order valence-electron chi connectivity index (χ3n) is 3.89. The van der Waals surface area contributed by atoms with Crippen molar-refractivity contribution in [2.24, 2.45) is 0 Å². The monoisotopic (exact) mass is 357 g/mol. The number of hydrogen-bond donors (Lipinski definition) is 1. The molecule has 0 spiro atoms. The van der Waals surface area contributed by atoms with Gasteiger partial charge in [0.25, 0.3) is 5.91 Å². The Morgan fingerprint density at radius 3 is 2.31 bits per heavy atom. The highest BCUT2D eigenvalue weighted by Gasteiger charge is 2.17. The molecule has 5 nitrogen and oxygen atoms in total. The van der Waals surface area contributed by atoms with Crippen molar-refractivity contribution in [3.63, 3.8) is 0 Å². The van der Waals surface area contributed by atoms with E-state index in [9.17, 15) is 4.79 Å². The molecule has 0 saturated carbocycles. The van der Waals surface area contributed by atoms with Crippen LogP contribution in [0.3, 0.4) is 0 Å². The standard InChI is InChI=1S/C21H27NO4/c1-5-24-13-14-25-19-11-9-18(10-12-19)22-21(23)17(4)26-20-15(2)7-6-8-16(20)3/h6-12,17H,5,13-14H2,1-4H3,(H,22,23). The molecule has 5 heteroatoms. The summed E-state index contributed by atoms with van der Waals surface area (Å²) in [6.45, 7) is 9.36. The largest absolute Gasteiger partial charge is 0.491 e. The minimum absolute atomic E-state index is 0.197. The first-order valence-electron chi connectivity index (χ1n) is 8.85. The number of hydrogen-bond acceptors (Lipinski definition) is 4. The zero-order valence-corrected chi connectivity index (χ0v) is 15.9. The Labute approximate surface area is 155 Å². The van der Waals surface area contributed by atoms with Crippen molar-refractivity contribution in [1.82, 2.24) is 0 Å². The molecule has 2 aromatic rings. The van der Waals surface area contributed by atoms with Gasteiger partial charge in [-0.15, -0.1) is 0 Å². The molecule has 0 heterocycles. The topological polar surface area (TPSA) is 56.8 Å². The lowest BCUT2D eigenvalue weighted by Crippen LogP contribution is -2.30. The van der Waals surface area contributed by atoms with Crippen molar-refractivity contribution < 1.29 is 19.0 Å². The van der Waals surface area contributed by atoms with Crippen molar-refractivity contribution in [2.75, 3.05) is 25.1 Å². The fourth-order valence-electron chi connectivity index (χ4n) is 2.46. The molecule has 1 N–H and O–H groups in total. The predicted molar refractivity (Wildman–Crippen MR) is 103 cm³/mol. The molecule has 0 fully saturated rings. The van der Waals surface area contributed by atoms with Crippen LogP contribution in [0, 0.1) is 13.8 Å². The third kappa shape index (κ3) is 5.77. The van der Waals surface area contributed by atoms with E-state index in [-0.39, 0.29) is 5.91 Å². The van der Waals surface area contributed by atoms with Crippen LogP contribution in [-0.4, -0.2) is 31.8 Å². The summed E-state index contributed by atoms with van der Waals surface area (Å²) in [6, 6.07) is 13.2. The average molecular weight is 357 g/mol. The van der Waals surface area contributed by atoms with Crippen molar-refractivity contribution in [3.8, 4) is 11.5 Å². The quantitative estimate of drug-likeness (QED) is 0.686. The van der Waals surface area contributed by atoms with Crippen LogP contribution in [0.4, 0.5) is 5.69 Å². The Morgan fingerprint density at radius 1 is 1.04 bits per heavy atom. The molecule has 2 aromatic carbocycles. The molecule has 0 aromatic heterocycles. The van der Waals surface area contributed by atoms with Crippen LogP contribution in [0.15, 0.2) is 42.5 Å². The SMILES string of the molecule is CCOCCOc1ccc(NC(=O)C(C)Oc2c(C)cccc2C)cc1. The maximum Gasteiger partial charge on any atom is 0.265 e. The van der Waals surface area contributed by atoms with E-state index in [0.29, 0.717) is 25.5 Å².